The zero-order valence-electron chi connectivity index (χ0n) is 10.9. The van der Waals surface area contributed by atoms with Crippen molar-refractivity contribution in [3.63, 3.8) is 0 Å². The maximum atomic E-state index is 11.9. The van der Waals surface area contributed by atoms with Gasteiger partial charge < -0.3 is 15.3 Å². The van der Waals surface area contributed by atoms with Crippen molar-refractivity contribution in [1.82, 2.24) is 10.2 Å². The second-order valence-electron chi connectivity index (χ2n) is 4.82. The molecule has 1 amide bonds. The first-order valence-corrected chi connectivity index (χ1v) is 7.45. The average molecular weight is 327 g/mol. The van der Waals surface area contributed by atoms with Crippen molar-refractivity contribution < 1.29 is 9.90 Å². The second-order valence-corrected chi connectivity index (χ2v) is 5.74. The molecule has 1 fully saturated rings. The Hall–Kier alpha value is -1.07. The Kier molecular flexibility index (Phi) is 5.22. The van der Waals surface area contributed by atoms with E-state index in [1.54, 1.807) is 12.1 Å². The average Bonchev–Trinajstić information content (AvgIpc) is 2.87. The van der Waals surface area contributed by atoms with E-state index in [0.29, 0.717) is 12.1 Å². The van der Waals surface area contributed by atoms with E-state index in [9.17, 15) is 9.90 Å². The number of phenolic OH excluding ortho intramolecular Hbond substituents is 1. The summed E-state index contributed by atoms with van der Waals surface area (Å²) in [5, 5.41) is 12.5. The summed E-state index contributed by atoms with van der Waals surface area (Å²) < 4.78 is 0.760. The Morgan fingerprint density at radius 3 is 2.79 bits per heavy atom. The van der Waals surface area contributed by atoms with Gasteiger partial charge in [0.25, 0.3) is 5.91 Å². The lowest BCUT2D eigenvalue weighted by Crippen LogP contribution is -2.28. The highest BCUT2D eigenvalue weighted by Gasteiger charge is 2.12. The van der Waals surface area contributed by atoms with E-state index in [0.717, 1.165) is 17.4 Å². The van der Waals surface area contributed by atoms with Crippen molar-refractivity contribution in [3.05, 3.63) is 28.2 Å². The van der Waals surface area contributed by atoms with Gasteiger partial charge in [0.2, 0.25) is 0 Å². The summed E-state index contributed by atoms with van der Waals surface area (Å²) in [6, 6.07) is 4.90. The van der Waals surface area contributed by atoms with E-state index in [1.165, 1.54) is 32.0 Å². The number of benzene rings is 1. The molecule has 0 unspecified atom stereocenters. The lowest BCUT2D eigenvalue weighted by atomic mass is 10.2. The number of nitrogens with one attached hydrogen (secondary N) is 1. The fourth-order valence-electron chi connectivity index (χ4n) is 2.30. The third kappa shape index (κ3) is 4.21. The molecule has 0 atom stereocenters. The number of rotatable bonds is 5. The summed E-state index contributed by atoms with van der Waals surface area (Å²) in [6.07, 6.45) is 3.53. The van der Waals surface area contributed by atoms with Crippen LogP contribution in [0.2, 0.25) is 0 Å². The summed E-state index contributed by atoms with van der Waals surface area (Å²) >= 11 is 3.25. The molecule has 2 N–H and O–H groups in total. The van der Waals surface area contributed by atoms with Gasteiger partial charge in [0, 0.05) is 11.0 Å². The molecule has 0 spiro atoms. The van der Waals surface area contributed by atoms with Gasteiger partial charge >= 0.3 is 0 Å². The van der Waals surface area contributed by atoms with Gasteiger partial charge in [0.15, 0.2) is 0 Å². The monoisotopic (exact) mass is 326 g/mol. The minimum Gasteiger partial charge on any atom is -0.507 e. The van der Waals surface area contributed by atoms with Crippen molar-refractivity contribution in [2.45, 2.75) is 19.3 Å². The molecule has 0 saturated carbocycles. The van der Waals surface area contributed by atoms with Crippen LogP contribution in [0.4, 0.5) is 0 Å². The number of carbonyl (C=O) groups excluding carboxylic acids is 1. The zero-order chi connectivity index (χ0) is 13.7. The highest BCUT2D eigenvalue weighted by molar-refractivity contribution is 9.10. The van der Waals surface area contributed by atoms with Crippen LogP contribution in [0, 0.1) is 0 Å². The number of carbonyl (C=O) groups is 1. The minimum atomic E-state index is -0.216. The molecular formula is C14H19BrN2O2. The van der Waals surface area contributed by atoms with Gasteiger partial charge in [-0.15, -0.1) is 0 Å². The van der Waals surface area contributed by atoms with Gasteiger partial charge in [0.1, 0.15) is 5.75 Å². The second kappa shape index (κ2) is 6.91. The summed E-state index contributed by atoms with van der Waals surface area (Å²) in [5.74, 6) is -0.210. The minimum absolute atomic E-state index is 0.00594. The maximum absolute atomic E-state index is 11.9. The fraction of sp³-hybridized carbons (Fsp3) is 0.500. The van der Waals surface area contributed by atoms with Crippen molar-refractivity contribution >= 4 is 21.8 Å². The molecule has 1 saturated heterocycles. The molecule has 19 heavy (non-hydrogen) atoms. The van der Waals surface area contributed by atoms with E-state index in [-0.39, 0.29) is 11.7 Å². The van der Waals surface area contributed by atoms with Gasteiger partial charge in [-0.3, -0.25) is 4.79 Å². The van der Waals surface area contributed by atoms with E-state index in [4.69, 9.17) is 0 Å². The Bertz CT molecular complexity index is 445. The fourth-order valence-corrected chi connectivity index (χ4v) is 2.65. The SMILES string of the molecule is O=C(NCCCN1CCCC1)c1ccc(Br)cc1O. The van der Waals surface area contributed by atoms with Gasteiger partial charge in [0.05, 0.1) is 5.56 Å². The third-order valence-corrected chi connectivity index (χ3v) is 3.83. The Balaban J connectivity index is 1.74. The molecule has 1 aromatic carbocycles. The summed E-state index contributed by atoms with van der Waals surface area (Å²) in [4.78, 5) is 14.3. The van der Waals surface area contributed by atoms with Gasteiger partial charge in [-0.05, 0) is 57.1 Å². The van der Waals surface area contributed by atoms with Gasteiger partial charge in [-0.25, -0.2) is 0 Å². The number of hydrogen-bond acceptors (Lipinski definition) is 3. The molecule has 1 aromatic rings. The number of hydrogen-bond donors (Lipinski definition) is 2. The first-order valence-electron chi connectivity index (χ1n) is 6.66. The Labute approximate surface area is 121 Å². The number of aromatic hydroxyl groups is 1. The predicted octanol–water partition coefficient (Wildman–Crippen LogP) is 2.37. The third-order valence-electron chi connectivity index (χ3n) is 3.34. The normalized spacial score (nSPS) is 15.6. The van der Waals surface area contributed by atoms with Crippen LogP contribution in [0.15, 0.2) is 22.7 Å². The van der Waals surface area contributed by atoms with Crippen LogP contribution in [-0.2, 0) is 0 Å². The highest BCUT2D eigenvalue weighted by Crippen LogP contribution is 2.22. The summed E-state index contributed by atoms with van der Waals surface area (Å²) in [7, 11) is 0. The molecule has 1 heterocycles. The molecule has 104 valence electrons. The van der Waals surface area contributed by atoms with Crippen LogP contribution in [0.1, 0.15) is 29.6 Å². The van der Waals surface area contributed by atoms with Gasteiger partial charge in [-0.1, -0.05) is 15.9 Å². The van der Waals surface area contributed by atoms with Crippen LogP contribution in [0.3, 0.4) is 0 Å². The summed E-state index contributed by atoms with van der Waals surface area (Å²) in [5.41, 5.74) is 0.323. The molecule has 0 radical (unpaired) electrons. The molecule has 1 aliphatic rings. The van der Waals surface area contributed by atoms with Crippen LogP contribution in [0.5, 0.6) is 5.75 Å². The lowest BCUT2D eigenvalue weighted by Gasteiger charge is -2.14. The van der Waals surface area contributed by atoms with Crippen LogP contribution in [-0.4, -0.2) is 42.1 Å². The topological polar surface area (TPSA) is 52.6 Å². The number of likely N-dealkylation sites (tertiary alicyclic amines) is 1. The van der Waals surface area contributed by atoms with E-state index in [1.807, 2.05) is 0 Å². The quantitative estimate of drug-likeness (QED) is 0.817. The van der Waals surface area contributed by atoms with Crippen molar-refractivity contribution in [2.75, 3.05) is 26.2 Å². The number of halogens is 1. The first-order chi connectivity index (χ1) is 9.16. The Morgan fingerprint density at radius 2 is 2.11 bits per heavy atom. The molecule has 5 heteroatoms. The van der Waals surface area contributed by atoms with Crippen LogP contribution < -0.4 is 5.32 Å². The first kappa shape index (κ1) is 14.3. The van der Waals surface area contributed by atoms with Crippen molar-refractivity contribution in [1.29, 1.82) is 0 Å². The molecule has 0 bridgehead atoms. The maximum Gasteiger partial charge on any atom is 0.255 e. The molecule has 0 aliphatic carbocycles. The smallest absolute Gasteiger partial charge is 0.255 e. The largest absolute Gasteiger partial charge is 0.507 e. The molecule has 1 aliphatic heterocycles. The van der Waals surface area contributed by atoms with Crippen molar-refractivity contribution in [2.24, 2.45) is 0 Å². The molecular weight excluding hydrogens is 308 g/mol. The van der Waals surface area contributed by atoms with Crippen LogP contribution >= 0.6 is 15.9 Å². The van der Waals surface area contributed by atoms with E-state index in [2.05, 4.69) is 26.1 Å². The number of phenols is 1. The predicted molar refractivity (Wildman–Crippen MR) is 78.4 cm³/mol. The van der Waals surface area contributed by atoms with Gasteiger partial charge in [-0.2, -0.15) is 0 Å². The molecule has 4 nitrogen and oxygen atoms in total. The highest BCUT2D eigenvalue weighted by atomic mass is 79.9. The summed E-state index contributed by atoms with van der Waals surface area (Å²) in [6.45, 7) is 4.04. The zero-order valence-corrected chi connectivity index (χ0v) is 12.4. The lowest BCUT2D eigenvalue weighted by molar-refractivity contribution is 0.0949. The van der Waals surface area contributed by atoms with Crippen LogP contribution in [0.25, 0.3) is 0 Å². The molecule has 0 aromatic heterocycles. The standard InChI is InChI=1S/C14H19BrN2O2/c15-11-4-5-12(13(18)10-11)14(19)16-6-3-9-17-7-1-2-8-17/h4-5,10,18H,1-3,6-9H2,(H,16,19). The number of amides is 1. The molecule has 2 rings (SSSR count). The van der Waals surface area contributed by atoms with E-state index < -0.39 is 0 Å². The van der Waals surface area contributed by atoms with E-state index >= 15 is 0 Å². The van der Waals surface area contributed by atoms with Crippen molar-refractivity contribution in [3.8, 4) is 5.75 Å². The Morgan fingerprint density at radius 1 is 1.37 bits per heavy atom. The number of nitrogens with zero attached hydrogens (tertiary/aromatic N) is 1.